The van der Waals surface area contributed by atoms with Crippen LogP contribution in [0.25, 0.3) is 0 Å². The fourth-order valence-electron chi connectivity index (χ4n) is 1.84. The Bertz CT molecular complexity index is 513. The van der Waals surface area contributed by atoms with Crippen molar-refractivity contribution in [3.63, 3.8) is 0 Å². The van der Waals surface area contributed by atoms with Gasteiger partial charge >= 0.3 is 11.7 Å². The Morgan fingerprint density at radius 3 is 3.00 bits per heavy atom. The van der Waals surface area contributed by atoms with Crippen LogP contribution in [-0.4, -0.2) is 42.3 Å². The third-order valence-corrected chi connectivity index (χ3v) is 2.86. The molecule has 8 heteroatoms. The quantitative estimate of drug-likeness (QED) is 0.456. The second kappa shape index (κ2) is 6.29. The van der Waals surface area contributed by atoms with E-state index in [-0.39, 0.29) is 30.0 Å². The van der Waals surface area contributed by atoms with Crippen molar-refractivity contribution in [2.75, 3.05) is 20.3 Å². The molecule has 1 atom stereocenters. The normalized spacial score (nSPS) is 17.8. The maximum absolute atomic E-state index is 11.4. The van der Waals surface area contributed by atoms with Gasteiger partial charge in [0.15, 0.2) is 5.69 Å². The highest BCUT2D eigenvalue weighted by Gasteiger charge is 2.23. The van der Waals surface area contributed by atoms with Gasteiger partial charge in [-0.1, -0.05) is 0 Å². The first kappa shape index (κ1) is 14.2. The van der Waals surface area contributed by atoms with E-state index in [0.29, 0.717) is 6.61 Å². The first-order chi connectivity index (χ1) is 9.61. The van der Waals surface area contributed by atoms with Gasteiger partial charge in [0.1, 0.15) is 6.61 Å². The van der Waals surface area contributed by atoms with E-state index in [4.69, 9.17) is 9.47 Å². The molecular weight excluding hydrogens is 268 g/mol. The molecule has 1 aromatic heterocycles. The first-order valence-electron chi connectivity index (χ1n) is 6.10. The van der Waals surface area contributed by atoms with Crippen LogP contribution in [0.2, 0.25) is 0 Å². The SMILES string of the molecule is COC(=O)c1ccc([N+](=O)[O-])c(OCC2CCCO2)n1. The van der Waals surface area contributed by atoms with Crippen molar-refractivity contribution in [3.8, 4) is 5.88 Å². The van der Waals surface area contributed by atoms with Gasteiger partial charge in [-0.05, 0) is 18.9 Å². The summed E-state index contributed by atoms with van der Waals surface area (Å²) in [5.74, 6) is -0.879. The lowest BCUT2D eigenvalue weighted by Gasteiger charge is -2.11. The van der Waals surface area contributed by atoms with E-state index >= 15 is 0 Å². The van der Waals surface area contributed by atoms with E-state index < -0.39 is 10.9 Å². The number of ether oxygens (including phenoxy) is 3. The van der Waals surface area contributed by atoms with Gasteiger partial charge in [0.25, 0.3) is 5.88 Å². The number of carbonyl (C=O) groups excluding carboxylic acids is 1. The zero-order chi connectivity index (χ0) is 14.5. The topological polar surface area (TPSA) is 101 Å². The molecule has 0 N–H and O–H groups in total. The number of carbonyl (C=O) groups is 1. The third kappa shape index (κ3) is 3.21. The number of hydrogen-bond acceptors (Lipinski definition) is 7. The Kier molecular flexibility index (Phi) is 4.46. The van der Waals surface area contributed by atoms with Crippen molar-refractivity contribution < 1.29 is 23.9 Å². The van der Waals surface area contributed by atoms with Gasteiger partial charge in [0.2, 0.25) is 0 Å². The van der Waals surface area contributed by atoms with Crippen LogP contribution in [0.1, 0.15) is 23.3 Å². The minimum atomic E-state index is -0.679. The van der Waals surface area contributed by atoms with Crippen LogP contribution in [0.4, 0.5) is 5.69 Å². The van der Waals surface area contributed by atoms with E-state index in [2.05, 4.69) is 9.72 Å². The Morgan fingerprint density at radius 2 is 2.40 bits per heavy atom. The van der Waals surface area contributed by atoms with E-state index in [0.717, 1.165) is 12.8 Å². The Balaban J connectivity index is 2.17. The molecule has 0 bridgehead atoms. The van der Waals surface area contributed by atoms with Crippen LogP contribution in [0.3, 0.4) is 0 Å². The number of aromatic nitrogens is 1. The van der Waals surface area contributed by atoms with E-state index in [9.17, 15) is 14.9 Å². The molecular formula is C12H14N2O6. The highest BCUT2D eigenvalue weighted by atomic mass is 16.6. The van der Waals surface area contributed by atoms with Gasteiger partial charge < -0.3 is 14.2 Å². The summed E-state index contributed by atoms with van der Waals surface area (Å²) in [5, 5.41) is 10.9. The van der Waals surface area contributed by atoms with Gasteiger partial charge in [0.05, 0.1) is 18.1 Å². The first-order valence-corrected chi connectivity index (χ1v) is 6.10. The molecule has 0 aromatic carbocycles. The lowest BCUT2D eigenvalue weighted by Crippen LogP contribution is -2.18. The lowest BCUT2D eigenvalue weighted by molar-refractivity contribution is -0.386. The van der Waals surface area contributed by atoms with Crippen LogP contribution in [-0.2, 0) is 9.47 Å². The summed E-state index contributed by atoms with van der Waals surface area (Å²) in [5.41, 5.74) is -0.337. The number of pyridine rings is 1. The second-order valence-corrected chi connectivity index (χ2v) is 4.22. The molecule has 20 heavy (non-hydrogen) atoms. The number of nitro groups is 1. The molecule has 1 saturated heterocycles. The monoisotopic (exact) mass is 282 g/mol. The predicted octanol–water partition coefficient (Wildman–Crippen LogP) is 1.33. The number of esters is 1. The molecule has 1 aliphatic rings. The Morgan fingerprint density at radius 1 is 1.60 bits per heavy atom. The summed E-state index contributed by atoms with van der Waals surface area (Å²) < 4.78 is 15.2. The minimum Gasteiger partial charge on any atom is -0.470 e. The zero-order valence-corrected chi connectivity index (χ0v) is 10.9. The second-order valence-electron chi connectivity index (χ2n) is 4.22. The highest BCUT2D eigenvalue weighted by molar-refractivity contribution is 5.87. The van der Waals surface area contributed by atoms with Crippen molar-refractivity contribution in [1.82, 2.24) is 4.98 Å². The molecule has 1 fully saturated rings. The molecule has 108 valence electrons. The number of hydrogen-bond donors (Lipinski definition) is 0. The summed E-state index contributed by atoms with van der Waals surface area (Å²) in [6.07, 6.45) is 1.68. The molecule has 1 aromatic rings. The Hall–Kier alpha value is -2.22. The molecule has 1 aliphatic heterocycles. The van der Waals surface area contributed by atoms with Crippen molar-refractivity contribution in [2.24, 2.45) is 0 Å². The lowest BCUT2D eigenvalue weighted by atomic mass is 10.2. The molecule has 0 aliphatic carbocycles. The molecule has 2 heterocycles. The number of nitrogens with zero attached hydrogens (tertiary/aromatic N) is 2. The number of rotatable bonds is 5. The van der Waals surface area contributed by atoms with Gasteiger partial charge in [-0.15, -0.1) is 0 Å². The summed E-state index contributed by atoms with van der Waals surface area (Å²) >= 11 is 0. The molecule has 1 unspecified atom stereocenters. The minimum absolute atomic E-state index is 0.0413. The maximum Gasteiger partial charge on any atom is 0.356 e. The fraction of sp³-hybridized carbons (Fsp3) is 0.500. The van der Waals surface area contributed by atoms with Gasteiger partial charge in [-0.2, -0.15) is 0 Å². The summed E-state index contributed by atoms with van der Waals surface area (Å²) in [4.78, 5) is 25.5. The van der Waals surface area contributed by atoms with E-state index in [1.807, 2.05) is 0 Å². The van der Waals surface area contributed by atoms with Gasteiger partial charge in [0, 0.05) is 12.7 Å². The van der Waals surface area contributed by atoms with Crippen molar-refractivity contribution in [3.05, 3.63) is 27.9 Å². The van der Waals surface area contributed by atoms with Crippen LogP contribution in [0, 0.1) is 10.1 Å². The zero-order valence-electron chi connectivity index (χ0n) is 10.9. The molecule has 0 amide bonds. The van der Waals surface area contributed by atoms with Crippen LogP contribution in [0.5, 0.6) is 5.88 Å². The average molecular weight is 282 g/mol. The molecule has 0 radical (unpaired) electrons. The molecule has 2 rings (SSSR count). The van der Waals surface area contributed by atoms with E-state index in [1.54, 1.807) is 0 Å². The predicted molar refractivity (Wildman–Crippen MR) is 66.7 cm³/mol. The molecule has 8 nitrogen and oxygen atoms in total. The summed E-state index contributed by atoms with van der Waals surface area (Å²) in [6.45, 7) is 0.824. The fourth-order valence-corrected chi connectivity index (χ4v) is 1.84. The Labute approximate surface area is 114 Å². The number of methoxy groups -OCH3 is 1. The summed E-state index contributed by atoms with van der Waals surface area (Å²) in [7, 11) is 1.21. The summed E-state index contributed by atoms with van der Waals surface area (Å²) in [6, 6.07) is 2.40. The van der Waals surface area contributed by atoms with Crippen molar-refractivity contribution >= 4 is 11.7 Å². The van der Waals surface area contributed by atoms with E-state index in [1.165, 1.54) is 19.2 Å². The smallest absolute Gasteiger partial charge is 0.356 e. The van der Waals surface area contributed by atoms with Gasteiger partial charge in [-0.25, -0.2) is 9.78 Å². The molecule has 0 spiro atoms. The van der Waals surface area contributed by atoms with Crippen LogP contribution < -0.4 is 4.74 Å². The standard InChI is InChI=1S/C12H14N2O6/c1-18-12(15)9-4-5-10(14(16)17)11(13-9)20-7-8-3-2-6-19-8/h4-5,8H,2-3,6-7H2,1H3. The van der Waals surface area contributed by atoms with Crippen LogP contribution >= 0.6 is 0 Å². The average Bonchev–Trinajstić information content (AvgIpc) is 2.97. The molecule has 0 saturated carbocycles. The van der Waals surface area contributed by atoms with Crippen LogP contribution in [0.15, 0.2) is 12.1 Å². The third-order valence-electron chi connectivity index (χ3n) is 2.86. The largest absolute Gasteiger partial charge is 0.470 e. The van der Waals surface area contributed by atoms with Gasteiger partial charge in [-0.3, -0.25) is 10.1 Å². The highest BCUT2D eigenvalue weighted by Crippen LogP contribution is 2.25. The maximum atomic E-state index is 11.4. The van der Waals surface area contributed by atoms with Crippen molar-refractivity contribution in [1.29, 1.82) is 0 Å². The van der Waals surface area contributed by atoms with Crippen molar-refractivity contribution in [2.45, 2.75) is 18.9 Å².